The van der Waals surface area contributed by atoms with Crippen LogP contribution in [0.5, 0.6) is 0 Å². The lowest BCUT2D eigenvalue weighted by molar-refractivity contribution is -0.139. The molecule has 0 aliphatic carbocycles. The fourth-order valence-electron chi connectivity index (χ4n) is 5.27. The molecule has 5 aromatic rings. The number of carbonyl (C=O) groups is 3. The molecule has 2 amide bonds. The number of fused-ring (bicyclic) bond motifs is 1. The highest BCUT2D eigenvalue weighted by atomic mass is 35.5. The van der Waals surface area contributed by atoms with Gasteiger partial charge in [-0.05, 0) is 53.6 Å². The Morgan fingerprint density at radius 2 is 1.88 bits per heavy atom. The Balaban J connectivity index is 1.26. The number of carboxylic acids is 1. The van der Waals surface area contributed by atoms with Gasteiger partial charge in [0.1, 0.15) is 6.04 Å². The number of aromatic nitrogens is 3. The zero-order valence-corrected chi connectivity index (χ0v) is 23.8. The third kappa shape index (κ3) is 4.99. The van der Waals surface area contributed by atoms with Crippen LogP contribution in [-0.4, -0.2) is 62.7 Å². The van der Waals surface area contributed by atoms with E-state index in [1.165, 1.54) is 18.2 Å². The maximum atomic E-state index is 13.4. The number of hydrogen-bond acceptors (Lipinski definition) is 6. The number of pyridine rings is 1. The Morgan fingerprint density at radius 3 is 2.62 bits per heavy atom. The maximum absolute atomic E-state index is 13.4. The predicted molar refractivity (Wildman–Crippen MR) is 154 cm³/mol. The second-order valence-corrected chi connectivity index (χ2v) is 12.6. The average Bonchev–Trinajstić information content (AvgIpc) is 3.57. The summed E-state index contributed by atoms with van der Waals surface area (Å²) in [5.41, 5.74) is 3.10. The first-order chi connectivity index (χ1) is 20.0. The number of sulfone groups is 1. The molecule has 0 radical (unpaired) electrons. The molecule has 0 saturated carbocycles. The minimum Gasteiger partial charge on any atom is -0.480 e. The van der Waals surface area contributed by atoms with E-state index in [1.807, 2.05) is 22.8 Å². The lowest BCUT2D eigenvalue weighted by Gasteiger charge is -2.29. The van der Waals surface area contributed by atoms with Crippen molar-refractivity contribution >= 4 is 55.6 Å². The van der Waals surface area contributed by atoms with E-state index < -0.39 is 27.8 Å². The van der Waals surface area contributed by atoms with Gasteiger partial charge in [-0.25, -0.2) is 17.7 Å². The number of halogens is 1. The molecule has 1 unspecified atom stereocenters. The minimum atomic E-state index is -3.49. The van der Waals surface area contributed by atoms with Crippen molar-refractivity contribution in [1.82, 2.24) is 24.4 Å². The summed E-state index contributed by atoms with van der Waals surface area (Å²) in [6.45, 7) is 0.462. The number of rotatable bonds is 7. The molecule has 3 aromatic heterocycles. The summed E-state index contributed by atoms with van der Waals surface area (Å²) < 4.78 is 27.3. The number of carbonyl (C=O) groups excluding carboxylic acids is 2. The Kier molecular flexibility index (Phi) is 6.74. The average molecular weight is 606 g/mol. The molecule has 0 fully saturated rings. The van der Waals surface area contributed by atoms with Gasteiger partial charge in [0.15, 0.2) is 15.5 Å². The molecular formula is C29H24ClN5O6S. The first-order valence-corrected chi connectivity index (χ1v) is 15.1. The summed E-state index contributed by atoms with van der Waals surface area (Å²) >= 11 is 6.60. The van der Waals surface area contributed by atoms with E-state index in [0.29, 0.717) is 16.6 Å². The quantitative estimate of drug-likeness (QED) is 0.289. The van der Waals surface area contributed by atoms with E-state index in [9.17, 15) is 27.9 Å². The van der Waals surface area contributed by atoms with E-state index in [4.69, 9.17) is 11.6 Å². The van der Waals surface area contributed by atoms with E-state index in [-0.39, 0.29) is 41.0 Å². The number of nitrogens with one attached hydrogen (secondary N) is 1. The summed E-state index contributed by atoms with van der Waals surface area (Å²) in [5.74, 6) is -2.22. The Labute approximate surface area is 244 Å². The number of amides is 2. The minimum absolute atomic E-state index is 0.0558. The standard InChI is InChI=1S/C29H24ClN5O6S/c1-42(40,41)20-7-4-5-17(11-20)12-24(29(38)39)31-27(36)25-21-8-10-33-16-34(15-18(26(21)33)13-22(25)30)28(37)23-14-19-6-2-3-9-35(19)32-23/h2-11,13-14,24H,12,15-16H2,1H3,(H,31,36)(H,38,39). The topological polar surface area (TPSA) is 143 Å². The van der Waals surface area contributed by atoms with Crippen molar-refractivity contribution in [3.63, 3.8) is 0 Å². The summed E-state index contributed by atoms with van der Waals surface area (Å²) in [6.07, 6.45) is 4.44. The van der Waals surface area contributed by atoms with Gasteiger partial charge < -0.3 is 19.9 Å². The van der Waals surface area contributed by atoms with Gasteiger partial charge in [-0.3, -0.25) is 9.59 Å². The molecule has 0 saturated heterocycles. The maximum Gasteiger partial charge on any atom is 0.326 e. The molecule has 0 spiro atoms. The number of benzene rings is 2. The van der Waals surface area contributed by atoms with Crippen LogP contribution >= 0.6 is 11.6 Å². The normalized spacial score (nSPS) is 13.8. The zero-order chi connectivity index (χ0) is 29.8. The van der Waals surface area contributed by atoms with Crippen LogP contribution in [0.4, 0.5) is 0 Å². The van der Waals surface area contributed by atoms with Crippen LogP contribution in [0, 0.1) is 0 Å². The molecule has 6 rings (SSSR count). The molecule has 42 heavy (non-hydrogen) atoms. The largest absolute Gasteiger partial charge is 0.480 e. The van der Waals surface area contributed by atoms with E-state index in [1.54, 1.807) is 46.1 Å². The van der Waals surface area contributed by atoms with Crippen LogP contribution in [-0.2, 0) is 34.3 Å². The van der Waals surface area contributed by atoms with Gasteiger partial charge in [-0.1, -0.05) is 29.8 Å². The molecule has 13 heteroatoms. The van der Waals surface area contributed by atoms with E-state index in [2.05, 4.69) is 10.4 Å². The Bertz CT molecular complexity index is 2000. The van der Waals surface area contributed by atoms with Gasteiger partial charge in [0.05, 0.1) is 33.2 Å². The zero-order valence-electron chi connectivity index (χ0n) is 22.2. The summed E-state index contributed by atoms with van der Waals surface area (Å²) in [6, 6.07) is 15.2. The van der Waals surface area contributed by atoms with Crippen molar-refractivity contribution in [3.8, 4) is 0 Å². The predicted octanol–water partition coefficient (Wildman–Crippen LogP) is 3.39. The Morgan fingerprint density at radius 1 is 1.07 bits per heavy atom. The SMILES string of the molecule is CS(=O)(=O)c1cccc(CC(NC(=O)c2c(Cl)cc3c4c2ccn4CN(C(=O)c2cc4ccccn4n2)C3)C(=O)O)c1. The van der Waals surface area contributed by atoms with Crippen molar-refractivity contribution < 1.29 is 27.9 Å². The number of carboxylic acid groups (broad SMARTS) is 1. The molecular weight excluding hydrogens is 582 g/mol. The van der Waals surface area contributed by atoms with Crippen molar-refractivity contribution in [2.45, 2.75) is 30.6 Å². The fourth-order valence-corrected chi connectivity index (χ4v) is 6.28. The Hall–Kier alpha value is -4.68. The van der Waals surface area contributed by atoms with Gasteiger partial charge in [0.2, 0.25) is 0 Å². The molecule has 2 N–H and O–H groups in total. The highest BCUT2D eigenvalue weighted by Crippen LogP contribution is 2.34. The summed E-state index contributed by atoms with van der Waals surface area (Å²) in [5, 5.41) is 17.4. The van der Waals surface area contributed by atoms with Crippen LogP contribution in [0.15, 0.2) is 78.0 Å². The highest BCUT2D eigenvalue weighted by Gasteiger charge is 2.30. The van der Waals surface area contributed by atoms with Crippen molar-refractivity contribution in [2.75, 3.05) is 6.26 Å². The smallest absolute Gasteiger partial charge is 0.326 e. The first-order valence-electron chi connectivity index (χ1n) is 12.9. The first kappa shape index (κ1) is 27.5. The van der Waals surface area contributed by atoms with Crippen LogP contribution in [0.3, 0.4) is 0 Å². The van der Waals surface area contributed by atoms with Gasteiger partial charge in [0.25, 0.3) is 11.8 Å². The monoisotopic (exact) mass is 605 g/mol. The van der Waals surface area contributed by atoms with Gasteiger partial charge in [-0.2, -0.15) is 5.10 Å². The van der Waals surface area contributed by atoms with Gasteiger partial charge >= 0.3 is 5.97 Å². The third-order valence-corrected chi connectivity index (χ3v) is 8.64. The fraction of sp³-hybridized carbons (Fsp3) is 0.172. The van der Waals surface area contributed by atoms with Crippen molar-refractivity contribution in [1.29, 1.82) is 0 Å². The summed E-state index contributed by atoms with van der Waals surface area (Å²) in [7, 11) is -3.49. The molecule has 2 aromatic carbocycles. The van der Waals surface area contributed by atoms with E-state index >= 15 is 0 Å². The second-order valence-electron chi connectivity index (χ2n) is 10.2. The molecule has 4 heterocycles. The number of hydrogen-bond donors (Lipinski definition) is 2. The molecule has 11 nitrogen and oxygen atoms in total. The number of aliphatic carboxylic acids is 1. The van der Waals surface area contributed by atoms with Crippen LogP contribution in [0.2, 0.25) is 5.02 Å². The highest BCUT2D eigenvalue weighted by molar-refractivity contribution is 7.90. The number of nitrogens with zero attached hydrogens (tertiary/aromatic N) is 4. The molecule has 1 aliphatic heterocycles. The van der Waals surface area contributed by atoms with Gasteiger partial charge in [0, 0.05) is 37.0 Å². The van der Waals surface area contributed by atoms with Crippen molar-refractivity contribution in [3.05, 3.63) is 100 Å². The van der Waals surface area contributed by atoms with Crippen LogP contribution < -0.4 is 5.32 Å². The van der Waals surface area contributed by atoms with Crippen LogP contribution in [0.25, 0.3) is 16.4 Å². The lowest BCUT2D eigenvalue weighted by Crippen LogP contribution is -2.42. The molecule has 214 valence electrons. The van der Waals surface area contributed by atoms with Crippen molar-refractivity contribution in [2.24, 2.45) is 0 Å². The summed E-state index contributed by atoms with van der Waals surface area (Å²) in [4.78, 5) is 40.5. The second kappa shape index (κ2) is 10.3. The van der Waals surface area contributed by atoms with Gasteiger partial charge in [-0.15, -0.1) is 0 Å². The third-order valence-electron chi connectivity index (χ3n) is 7.23. The molecule has 1 aliphatic rings. The van der Waals surface area contributed by atoms with E-state index in [0.717, 1.165) is 22.9 Å². The molecule has 1 atom stereocenters. The molecule has 0 bridgehead atoms. The van der Waals surface area contributed by atoms with Crippen LogP contribution in [0.1, 0.15) is 32.0 Å². The lowest BCUT2D eigenvalue weighted by atomic mass is 10.0.